The second kappa shape index (κ2) is 3.57. The minimum atomic E-state index is -1.13. The van der Waals surface area contributed by atoms with E-state index in [1.807, 2.05) is 0 Å². The number of thioether (sulfide) groups is 1. The summed E-state index contributed by atoms with van der Waals surface area (Å²) in [7, 11) is 0. The van der Waals surface area contributed by atoms with Gasteiger partial charge in [-0.15, -0.1) is 11.8 Å². The van der Waals surface area contributed by atoms with Crippen molar-refractivity contribution >= 4 is 23.6 Å². The molecule has 0 bridgehead atoms. The number of carbonyl (C=O) groups excluding carboxylic acids is 2. The number of nitrogens with zero attached hydrogens (tertiary/aromatic N) is 1. The molecule has 4 nitrogen and oxygen atoms in total. The van der Waals surface area contributed by atoms with Gasteiger partial charge in [0.25, 0.3) is 0 Å². The van der Waals surface area contributed by atoms with Gasteiger partial charge in [-0.3, -0.25) is 4.79 Å². The van der Waals surface area contributed by atoms with Crippen molar-refractivity contribution in [3.8, 4) is 0 Å². The van der Waals surface area contributed by atoms with E-state index in [1.165, 1.54) is 16.7 Å². The number of fused-ring (bicyclic) bond motifs is 1. The zero-order chi connectivity index (χ0) is 8.01. The summed E-state index contributed by atoms with van der Waals surface area (Å²) in [6, 6.07) is -0.675. The molecule has 2 saturated heterocycles. The molecule has 0 aromatic rings. The van der Waals surface area contributed by atoms with Crippen molar-refractivity contribution in [1.29, 1.82) is 0 Å². The third-order valence-corrected chi connectivity index (χ3v) is 3.29. The Bertz CT molecular complexity index is 227. The molecule has 2 unspecified atom stereocenters. The summed E-state index contributed by atoms with van der Waals surface area (Å²) in [6.45, 7) is 0. The van der Waals surface area contributed by atoms with Crippen molar-refractivity contribution in [2.45, 2.75) is 17.8 Å². The average molecular weight is 195 g/mol. The first-order valence-corrected chi connectivity index (χ1v) is 4.38. The van der Waals surface area contributed by atoms with Crippen LogP contribution in [0.15, 0.2) is 0 Å². The number of carboxylic acid groups (broad SMARTS) is 1. The van der Waals surface area contributed by atoms with Crippen LogP contribution in [0.2, 0.25) is 0 Å². The fourth-order valence-electron chi connectivity index (χ4n) is 1.38. The molecule has 2 aliphatic rings. The molecule has 2 heterocycles. The summed E-state index contributed by atoms with van der Waals surface area (Å²) in [5.74, 6) is -0.707. The van der Waals surface area contributed by atoms with Gasteiger partial charge < -0.3 is 14.8 Å². The summed E-state index contributed by atoms with van der Waals surface area (Å²) in [6.07, 6.45) is 0.494. The number of carbonyl (C=O) groups is 2. The number of hydrogen-bond acceptors (Lipinski definition) is 4. The van der Waals surface area contributed by atoms with Crippen molar-refractivity contribution < 1.29 is 44.3 Å². The summed E-state index contributed by atoms with van der Waals surface area (Å²) >= 11 is 1.52. The van der Waals surface area contributed by atoms with Gasteiger partial charge in [0.1, 0.15) is 0 Å². The van der Waals surface area contributed by atoms with Crippen LogP contribution >= 0.6 is 11.8 Å². The third kappa shape index (κ3) is 1.39. The largest absolute Gasteiger partial charge is 1.00 e. The van der Waals surface area contributed by atoms with E-state index in [4.69, 9.17) is 0 Å². The fourth-order valence-corrected chi connectivity index (χ4v) is 2.77. The van der Waals surface area contributed by atoms with Gasteiger partial charge in [0, 0.05) is 5.75 Å². The quantitative estimate of drug-likeness (QED) is 0.312. The number of β-lactam (4-membered cyclic amide) rings is 1. The van der Waals surface area contributed by atoms with Crippen LogP contribution in [-0.2, 0) is 9.59 Å². The molecule has 0 spiro atoms. The summed E-state index contributed by atoms with van der Waals surface area (Å²) < 4.78 is 0. The maximum Gasteiger partial charge on any atom is 1.00 e. The molecule has 0 radical (unpaired) electrons. The van der Waals surface area contributed by atoms with Crippen LogP contribution in [0.3, 0.4) is 0 Å². The van der Waals surface area contributed by atoms with Crippen LogP contribution in [0.1, 0.15) is 6.42 Å². The van der Waals surface area contributed by atoms with E-state index in [0.29, 0.717) is 12.2 Å². The molecule has 2 atom stereocenters. The second-order valence-corrected chi connectivity index (χ2v) is 3.84. The standard InChI is InChI=1S/C6H7NO3S.Na/c8-4-1-5-7(4)3(2-11-5)6(9)10;/h3,5H,1-2H2,(H,9,10);/q;+1/p-1. The van der Waals surface area contributed by atoms with Crippen molar-refractivity contribution in [2.24, 2.45) is 0 Å². The summed E-state index contributed by atoms with van der Waals surface area (Å²) in [5.41, 5.74) is 0. The predicted molar refractivity (Wildman–Crippen MR) is 36.5 cm³/mol. The molecule has 2 aliphatic heterocycles. The summed E-state index contributed by atoms with van der Waals surface area (Å²) in [5, 5.41) is 10.5. The number of hydrogen-bond donors (Lipinski definition) is 0. The number of rotatable bonds is 1. The molecule has 2 rings (SSSR count). The Kier molecular flexibility index (Phi) is 3.09. The molecule has 1 amide bonds. The van der Waals surface area contributed by atoms with Crippen molar-refractivity contribution in [2.75, 3.05) is 5.75 Å². The Hall–Kier alpha value is 0.290. The van der Waals surface area contributed by atoms with Crippen molar-refractivity contribution in [3.63, 3.8) is 0 Å². The van der Waals surface area contributed by atoms with Gasteiger partial charge in [-0.1, -0.05) is 0 Å². The second-order valence-electron chi connectivity index (χ2n) is 2.63. The van der Waals surface area contributed by atoms with Gasteiger partial charge in [0.15, 0.2) is 0 Å². The molecular formula is C6H6NNaO3S. The molecule has 60 valence electrons. The molecule has 6 heteroatoms. The first kappa shape index (κ1) is 10.4. The van der Waals surface area contributed by atoms with Gasteiger partial charge in [-0.25, -0.2) is 0 Å². The van der Waals surface area contributed by atoms with Crippen LogP contribution in [0.25, 0.3) is 0 Å². The maximum atomic E-state index is 10.8. The molecule has 0 aliphatic carbocycles. The van der Waals surface area contributed by atoms with Crippen LogP contribution in [0.4, 0.5) is 0 Å². The molecule has 2 fully saturated rings. The number of carboxylic acids is 1. The van der Waals surface area contributed by atoms with Crippen LogP contribution in [-0.4, -0.2) is 33.9 Å². The van der Waals surface area contributed by atoms with E-state index in [2.05, 4.69) is 0 Å². The molecule has 0 saturated carbocycles. The van der Waals surface area contributed by atoms with Gasteiger partial charge in [0.05, 0.1) is 23.8 Å². The molecular weight excluding hydrogens is 189 g/mol. The Labute approximate surface area is 96.0 Å². The topological polar surface area (TPSA) is 60.4 Å². The fraction of sp³-hybridized carbons (Fsp3) is 0.667. The van der Waals surface area contributed by atoms with Gasteiger partial charge in [0.2, 0.25) is 5.91 Å². The smallest absolute Gasteiger partial charge is 0.548 e. The van der Waals surface area contributed by atoms with Crippen molar-refractivity contribution in [1.82, 2.24) is 4.90 Å². The van der Waals surface area contributed by atoms with Crippen LogP contribution in [0.5, 0.6) is 0 Å². The SMILES string of the molecule is O=C([O-])C1CSC2CC(=O)N21.[Na+]. The number of amides is 1. The first-order valence-electron chi connectivity index (χ1n) is 3.34. The van der Waals surface area contributed by atoms with Crippen molar-refractivity contribution in [3.05, 3.63) is 0 Å². The van der Waals surface area contributed by atoms with Gasteiger partial charge in [-0.2, -0.15) is 0 Å². The van der Waals surface area contributed by atoms with E-state index in [0.717, 1.165) is 0 Å². The normalized spacial score (nSPS) is 32.0. The van der Waals surface area contributed by atoms with Crippen LogP contribution < -0.4 is 34.7 Å². The Morgan fingerprint density at radius 1 is 1.67 bits per heavy atom. The van der Waals surface area contributed by atoms with Gasteiger partial charge >= 0.3 is 29.6 Å². The third-order valence-electron chi connectivity index (χ3n) is 2.00. The monoisotopic (exact) mass is 195 g/mol. The first-order chi connectivity index (χ1) is 5.20. The molecule has 12 heavy (non-hydrogen) atoms. The van der Waals surface area contributed by atoms with Crippen LogP contribution in [0, 0.1) is 0 Å². The van der Waals surface area contributed by atoms with E-state index in [-0.39, 0.29) is 40.8 Å². The van der Waals surface area contributed by atoms with E-state index < -0.39 is 12.0 Å². The Morgan fingerprint density at radius 2 is 2.33 bits per heavy atom. The predicted octanol–water partition coefficient (Wildman–Crippen LogP) is -4.59. The zero-order valence-corrected chi connectivity index (χ0v) is 9.47. The zero-order valence-electron chi connectivity index (χ0n) is 6.65. The summed E-state index contributed by atoms with van der Waals surface area (Å²) in [4.78, 5) is 22.7. The van der Waals surface area contributed by atoms with E-state index in [1.54, 1.807) is 0 Å². The maximum absolute atomic E-state index is 10.8. The minimum absolute atomic E-state index is 0. The Morgan fingerprint density at radius 3 is 2.75 bits per heavy atom. The van der Waals surface area contributed by atoms with E-state index in [9.17, 15) is 14.7 Å². The molecule has 0 aromatic heterocycles. The minimum Gasteiger partial charge on any atom is -0.548 e. The average Bonchev–Trinajstić information content (AvgIpc) is 2.25. The molecule has 0 aromatic carbocycles. The number of aliphatic carboxylic acids is 1. The van der Waals surface area contributed by atoms with Gasteiger partial charge in [-0.05, 0) is 0 Å². The van der Waals surface area contributed by atoms with E-state index >= 15 is 0 Å². The Balaban J connectivity index is 0.000000720. The molecule has 0 N–H and O–H groups in total.